The molecule has 3 rings (SSSR count). The van der Waals surface area contributed by atoms with Gasteiger partial charge in [-0.2, -0.15) is 0 Å². The maximum atomic E-state index is 4.66. The minimum absolute atomic E-state index is 0.698. The van der Waals surface area contributed by atoms with Crippen molar-refractivity contribution in [3.05, 3.63) is 39.7 Å². The number of benzene rings is 1. The van der Waals surface area contributed by atoms with Crippen LogP contribution >= 0.6 is 39.0 Å². The van der Waals surface area contributed by atoms with Crippen LogP contribution in [-0.4, -0.2) is 16.5 Å². The smallest absolute Gasteiger partial charge is 0.225 e. The van der Waals surface area contributed by atoms with E-state index < -0.39 is 0 Å². The van der Waals surface area contributed by atoms with Crippen LogP contribution in [0.1, 0.15) is 11.8 Å². The lowest BCUT2D eigenvalue weighted by Gasteiger charge is -2.06. The van der Waals surface area contributed by atoms with Crippen molar-refractivity contribution in [2.24, 2.45) is 0 Å². The molecule has 3 nitrogen and oxygen atoms in total. The van der Waals surface area contributed by atoms with Crippen molar-refractivity contribution in [1.82, 2.24) is 9.97 Å². The summed E-state index contributed by atoms with van der Waals surface area (Å²) >= 11 is 6.89. The lowest BCUT2D eigenvalue weighted by Crippen LogP contribution is -2.02. The number of hydrogen-bond acceptors (Lipinski definition) is 5. The molecule has 0 spiro atoms. The Hall–Kier alpha value is -1.11. The fraction of sp³-hybridized carbons (Fsp3) is 0.200. The topological polar surface area (TPSA) is 37.8 Å². The van der Waals surface area contributed by atoms with Gasteiger partial charge in [-0.3, -0.25) is 0 Å². The van der Waals surface area contributed by atoms with Crippen LogP contribution in [-0.2, 0) is 0 Å². The van der Waals surface area contributed by atoms with E-state index in [-0.39, 0.29) is 0 Å². The molecular formula is C15H14BrN3S2. The first-order valence-electron chi connectivity index (χ1n) is 6.61. The van der Waals surface area contributed by atoms with Crippen molar-refractivity contribution in [1.29, 1.82) is 0 Å². The van der Waals surface area contributed by atoms with Crippen molar-refractivity contribution in [3.8, 4) is 0 Å². The van der Waals surface area contributed by atoms with Crippen LogP contribution in [0, 0.1) is 6.92 Å². The number of nitrogens with zero attached hydrogens (tertiary/aromatic N) is 2. The van der Waals surface area contributed by atoms with Crippen LogP contribution in [0.25, 0.3) is 10.2 Å². The molecule has 1 N–H and O–H groups in total. The number of rotatable bonds is 4. The van der Waals surface area contributed by atoms with Crippen LogP contribution in [0.3, 0.4) is 0 Å². The molecule has 0 fully saturated rings. The molecule has 0 saturated heterocycles. The summed E-state index contributed by atoms with van der Waals surface area (Å²) in [7, 11) is 0. The summed E-state index contributed by atoms with van der Waals surface area (Å²) in [4.78, 5) is 12.7. The van der Waals surface area contributed by atoms with Crippen molar-refractivity contribution in [2.75, 3.05) is 11.9 Å². The van der Waals surface area contributed by atoms with E-state index in [2.05, 4.69) is 56.3 Å². The van der Waals surface area contributed by atoms with Gasteiger partial charge >= 0.3 is 0 Å². The summed E-state index contributed by atoms with van der Waals surface area (Å²) in [5, 5.41) is 5.34. The summed E-state index contributed by atoms with van der Waals surface area (Å²) in [6.45, 7) is 4.97. The van der Waals surface area contributed by atoms with Crippen molar-refractivity contribution < 1.29 is 0 Å². The highest BCUT2D eigenvalue weighted by Gasteiger charge is 2.12. The monoisotopic (exact) mass is 379 g/mol. The summed E-state index contributed by atoms with van der Waals surface area (Å²) in [6, 6.07) is 10.4. The highest BCUT2D eigenvalue weighted by molar-refractivity contribution is 9.10. The maximum absolute atomic E-state index is 4.66. The molecule has 0 aliphatic rings. The average molecular weight is 380 g/mol. The van der Waals surface area contributed by atoms with Gasteiger partial charge in [-0.1, -0.05) is 33.8 Å². The second kappa shape index (κ2) is 6.34. The third-order valence-electron chi connectivity index (χ3n) is 2.83. The molecule has 0 aliphatic heterocycles. The van der Waals surface area contributed by atoms with E-state index >= 15 is 0 Å². The molecule has 6 heteroatoms. The van der Waals surface area contributed by atoms with Gasteiger partial charge in [0.1, 0.15) is 9.86 Å². The molecule has 0 bridgehead atoms. The Bertz CT molecular complexity index is 786. The summed E-state index contributed by atoms with van der Waals surface area (Å²) in [5.41, 5.74) is 0. The number of aromatic nitrogens is 2. The molecule has 1 aromatic carbocycles. The predicted molar refractivity (Wildman–Crippen MR) is 94.6 cm³/mol. The molecule has 108 valence electrons. The lowest BCUT2D eigenvalue weighted by molar-refractivity contribution is 1.05. The number of halogens is 1. The van der Waals surface area contributed by atoms with Gasteiger partial charge in [0.05, 0.1) is 0 Å². The van der Waals surface area contributed by atoms with Crippen LogP contribution in [0.4, 0.5) is 5.95 Å². The zero-order valence-electron chi connectivity index (χ0n) is 11.7. The predicted octanol–water partition coefficient (Wildman–Crippen LogP) is 5.35. The van der Waals surface area contributed by atoms with Crippen molar-refractivity contribution in [3.63, 3.8) is 0 Å². The number of aryl methyl sites for hydroxylation is 1. The molecule has 0 amide bonds. The van der Waals surface area contributed by atoms with Gasteiger partial charge in [-0.05, 0) is 38.1 Å². The minimum atomic E-state index is 0.698. The van der Waals surface area contributed by atoms with Crippen LogP contribution in [0.5, 0.6) is 0 Å². The van der Waals surface area contributed by atoms with Gasteiger partial charge in [0.25, 0.3) is 0 Å². The molecule has 2 aromatic heterocycles. The Balaban J connectivity index is 2.06. The number of nitrogens with one attached hydrogen (secondary N) is 1. The molecular weight excluding hydrogens is 366 g/mol. The Kier molecular flexibility index (Phi) is 4.47. The first-order chi connectivity index (χ1) is 10.2. The lowest BCUT2D eigenvalue weighted by atomic mass is 10.4. The van der Waals surface area contributed by atoms with Gasteiger partial charge < -0.3 is 5.32 Å². The van der Waals surface area contributed by atoms with Crippen LogP contribution < -0.4 is 5.32 Å². The number of fused-ring (bicyclic) bond motifs is 1. The molecule has 2 heterocycles. The molecule has 0 saturated carbocycles. The Morgan fingerprint density at radius 3 is 2.90 bits per heavy atom. The van der Waals surface area contributed by atoms with Gasteiger partial charge in [-0.15, -0.1) is 11.3 Å². The van der Waals surface area contributed by atoms with Gasteiger partial charge in [0.15, 0.2) is 0 Å². The van der Waals surface area contributed by atoms with E-state index in [1.165, 1.54) is 4.88 Å². The summed E-state index contributed by atoms with van der Waals surface area (Å²) in [5.74, 6) is 0.698. The molecule has 0 aliphatic carbocycles. The molecule has 0 atom stereocenters. The van der Waals surface area contributed by atoms with E-state index in [0.717, 1.165) is 31.2 Å². The van der Waals surface area contributed by atoms with E-state index in [1.54, 1.807) is 23.1 Å². The van der Waals surface area contributed by atoms with Crippen molar-refractivity contribution >= 4 is 55.2 Å². The van der Waals surface area contributed by atoms with E-state index in [1.807, 2.05) is 19.1 Å². The summed E-state index contributed by atoms with van der Waals surface area (Å²) < 4.78 is 1.08. The highest BCUT2D eigenvalue weighted by Crippen LogP contribution is 2.36. The Labute approximate surface area is 140 Å². The SMILES string of the molecule is CCNc1nc(Sc2cccc(Br)c2)c2cc(C)sc2n1. The highest BCUT2D eigenvalue weighted by atomic mass is 79.9. The third kappa shape index (κ3) is 3.39. The summed E-state index contributed by atoms with van der Waals surface area (Å²) in [6.07, 6.45) is 0. The van der Waals surface area contributed by atoms with Crippen molar-refractivity contribution in [2.45, 2.75) is 23.8 Å². The Morgan fingerprint density at radius 1 is 1.29 bits per heavy atom. The van der Waals surface area contributed by atoms with E-state index in [0.29, 0.717) is 5.95 Å². The fourth-order valence-electron chi connectivity index (χ4n) is 1.97. The first-order valence-corrected chi connectivity index (χ1v) is 9.04. The quantitative estimate of drug-likeness (QED) is 0.620. The number of thiophene rings is 1. The normalized spacial score (nSPS) is 11.0. The van der Waals surface area contributed by atoms with Crippen LogP contribution in [0.2, 0.25) is 0 Å². The minimum Gasteiger partial charge on any atom is -0.354 e. The second-order valence-corrected chi connectivity index (χ2v) is 7.73. The second-order valence-electron chi connectivity index (χ2n) is 4.52. The third-order valence-corrected chi connectivity index (χ3v) is 5.26. The number of anilines is 1. The average Bonchev–Trinajstić information content (AvgIpc) is 2.80. The van der Waals surface area contributed by atoms with Gasteiger partial charge in [-0.25, -0.2) is 9.97 Å². The largest absolute Gasteiger partial charge is 0.354 e. The van der Waals surface area contributed by atoms with Crippen LogP contribution in [0.15, 0.2) is 44.7 Å². The molecule has 0 unspecified atom stereocenters. The molecule has 21 heavy (non-hydrogen) atoms. The zero-order valence-corrected chi connectivity index (χ0v) is 14.9. The van der Waals surface area contributed by atoms with E-state index in [9.17, 15) is 0 Å². The molecule has 0 radical (unpaired) electrons. The zero-order chi connectivity index (χ0) is 14.8. The van der Waals surface area contributed by atoms with E-state index in [4.69, 9.17) is 0 Å². The fourth-order valence-corrected chi connectivity index (χ4v) is 4.42. The maximum Gasteiger partial charge on any atom is 0.225 e. The first kappa shape index (κ1) is 14.8. The Morgan fingerprint density at radius 2 is 2.14 bits per heavy atom. The number of hydrogen-bond donors (Lipinski definition) is 1. The van der Waals surface area contributed by atoms with Gasteiger partial charge in [0.2, 0.25) is 5.95 Å². The molecule has 3 aromatic rings. The standard InChI is InChI=1S/C15H14BrN3S2/c1-3-17-15-18-13-12(7-9(2)20-13)14(19-15)21-11-6-4-5-10(16)8-11/h4-8H,3H2,1-2H3,(H,17,18,19). The van der Waals surface area contributed by atoms with Gasteiger partial charge in [0, 0.05) is 26.2 Å².